The molecule has 2 heterocycles. The summed E-state index contributed by atoms with van der Waals surface area (Å²) in [6, 6.07) is 10.3. The fourth-order valence-corrected chi connectivity index (χ4v) is 2.77. The van der Waals surface area contributed by atoms with Crippen LogP contribution in [0.15, 0.2) is 42.5 Å². The predicted molar refractivity (Wildman–Crippen MR) is 90.0 cm³/mol. The lowest BCUT2D eigenvalue weighted by molar-refractivity contribution is -0.144. The molecule has 10 heteroatoms. The van der Waals surface area contributed by atoms with Crippen LogP contribution in [0.1, 0.15) is 28.4 Å². The van der Waals surface area contributed by atoms with E-state index in [1.54, 1.807) is 24.3 Å². The van der Waals surface area contributed by atoms with E-state index >= 15 is 0 Å². The molecule has 2 aromatic heterocycles. The highest BCUT2D eigenvalue weighted by molar-refractivity contribution is 5.80. The van der Waals surface area contributed by atoms with Crippen LogP contribution in [-0.4, -0.2) is 17.1 Å². The number of ether oxygens (including phenoxy) is 1. The molecule has 0 amide bonds. The zero-order valence-corrected chi connectivity index (χ0v) is 14.6. The van der Waals surface area contributed by atoms with Crippen LogP contribution in [0.5, 0.6) is 5.75 Å². The zero-order valence-electron chi connectivity index (χ0n) is 14.6. The lowest BCUT2D eigenvalue weighted by Gasteiger charge is -2.15. The van der Waals surface area contributed by atoms with Crippen LogP contribution in [0.25, 0.3) is 11.0 Å². The Balaban J connectivity index is 2.18. The minimum atomic E-state index is -5.09. The number of fused-ring (bicyclic) bond motifs is 1. The maximum absolute atomic E-state index is 13.3. The summed E-state index contributed by atoms with van der Waals surface area (Å²) >= 11 is 0. The van der Waals surface area contributed by atoms with Gasteiger partial charge in [0.25, 0.3) is 0 Å². The van der Waals surface area contributed by atoms with Crippen molar-refractivity contribution >= 4 is 11.0 Å². The fourth-order valence-electron chi connectivity index (χ4n) is 2.77. The van der Waals surface area contributed by atoms with Crippen LogP contribution in [0.2, 0.25) is 0 Å². The Morgan fingerprint density at radius 3 is 2.10 bits per heavy atom. The predicted octanol–water partition coefficient (Wildman–Crippen LogP) is 5.33. The molecule has 0 radical (unpaired) electrons. The van der Waals surface area contributed by atoms with E-state index < -0.39 is 40.6 Å². The Hall–Kier alpha value is -3.35. The number of methoxy groups -OCH3 is 1. The summed E-state index contributed by atoms with van der Waals surface area (Å²) in [4.78, 5) is 7.10. The van der Waals surface area contributed by atoms with Gasteiger partial charge in [0.15, 0.2) is 5.65 Å². The Kier molecular flexibility index (Phi) is 5.09. The SMILES string of the molecule is COc1ccc([C@@H](C#N)c2ccc3c(C(F)(F)F)cc(C(F)(F)F)nc3n2)cc1. The summed E-state index contributed by atoms with van der Waals surface area (Å²) in [6.07, 6.45) is -10.1. The molecular formula is C19H11F6N3O. The summed E-state index contributed by atoms with van der Waals surface area (Å²) in [7, 11) is 1.45. The standard InChI is InChI=1S/C19H11F6N3O/c1-29-11-4-2-10(3-5-11)13(9-26)15-7-6-12-14(18(20,21)22)8-16(19(23,24)25)28-17(12)27-15/h2-8,13H,1H3/t13-/m1/s1. The Labute approximate surface area is 160 Å². The van der Waals surface area contributed by atoms with Crippen LogP contribution < -0.4 is 4.74 Å². The molecule has 0 N–H and O–H groups in total. The molecule has 0 saturated heterocycles. The molecular weight excluding hydrogens is 400 g/mol. The summed E-state index contributed by atoms with van der Waals surface area (Å²) in [5.74, 6) is -0.501. The molecule has 0 aliphatic rings. The average Bonchev–Trinajstić information content (AvgIpc) is 2.66. The maximum Gasteiger partial charge on any atom is 0.433 e. The molecule has 0 fully saturated rings. The fraction of sp³-hybridized carbons (Fsp3) is 0.211. The third kappa shape index (κ3) is 4.08. The lowest BCUT2D eigenvalue weighted by Crippen LogP contribution is -2.14. The maximum atomic E-state index is 13.3. The molecule has 4 nitrogen and oxygen atoms in total. The monoisotopic (exact) mass is 411 g/mol. The van der Waals surface area contributed by atoms with Gasteiger partial charge in [0.2, 0.25) is 0 Å². The second kappa shape index (κ2) is 7.24. The minimum absolute atomic E-state index is 0.0230. The van der Waals surface area contributed by atoms with Gasteiger partial charge in [-0.3, -0.25) is 0 Å². The molecule has 1 aromatic carbocycles. The molecule has 3 rings (SSSR count). The van der Waals surface area contributed by atoms with Crippen LogP contribution in [0.4, 0.5) is 26.3 Å². The van der Waals surface area contributed by atoms with Gasteiger partial charge in [0.05, 0.1) is 24.4 Å². The van der Waals surface area contributed by atoms with Gasteiger partial charge in [-0.25, -0.2) is 9.97 Å². The molecule has 0 unspecified atom stereocenters. The molecule has 1 atom stereocenters. The van der Waals surface area contributed by atoms with Gasteiger partial charge < -0.3 is 4.74 Å². The first-order valence-electron chi connectivity index (χ1n) is 8.04. The number of nitriles is 1. The van der Waals surface area contributed by atoms with Crippen LogP contribution in [0.3, 0.4) is 0 Å². The first-order valence-corrected chi connectivity index (χ1v) is 8.04. The highest BCUT2D eigenvalue weighted by Crippen LogP contribution is 2.38. The van der Waals surface area contributed by atoms with E-state index in [-0.39, 0.29) is 11.8 Å². The molecule has 3 aromatic rings. The summed E-state index contributed by atoms with van der Waals surface area (Å²) in [5.41, 5.74) is -3.52. The number of benzene rings is 1. The van der Waals surface area contributed by atoms with Crippen molar-refractivity contribution in [2.75, 3.05) is 7.11 Å². The number of halogens is 6. The first-order chi connectivity index (χ1) is 13.5. The lowest BCUT2D eigenvalue weighted by atomic mass is 9.96. The minimum Gasteiger partial charge on any atom is -0.497 e. The smallest absolute Gasteiger partial charge is 0.433 e. The zero-order chi connectivity index (χ0) is 21.4. The normalized spacial score (nSPS) is 13.2. The van der Waals surface area contributed by atoms with E-state index in [1.165, 1.54) is 13.2 Å². The van der Waals surface area contributed by atoms with Crippen molar-refractivity contribution in [1.29, 1.82) is 5.26 Å². The second-order valence-corrected chi connectivity index (χ2v) is 5.99. The van der Waals surface area contributed by atoms with Crippen molar-refractivity contribution in [3.8, 4) is 11.8 Å². The van der Waals surface area contributed by atoms with Gasteiger partial charge in [-0.1, -0.05) is 12.1 Å². The number of aromatic nitrogens is 2. The van der Waals surface area contributed by atoms with Crippen molar-refractivity contribution in [1.82, 2.24) is 9.97 Å². The van der Waals surface area contributed by atoms with Crippen molar-refractivity contribution < 1.29 is 31.1 Å². The summed E-state index contributed by atoms with van der Waals surface area (Å²) in [5, 5.41) is 8.91. The van der Waals surface area contributed by atoms with Gasteiger partial charge in [-0.2, -0.15) is 31.6 Å². The molecule has 0 bridgehead atoms. The summed E-state index contributed by atoms with van der Waals surface area (Å²) in [6.45, 7) is 0. The molecule has 0 aliphatic carbocycles. The van der Waals surface area contributed by atoms with E-state index in [9.17, 15) is 31.6 Å². The largest absolute Gasteiger partial charge is 0.497 e. The van der Waals surface area contributed by atoms with Crippen molar-refractivity contribution in [3.63, 3.8) is 0 Å². The third-order valence-corrected chi connectivity index (χ3v) is 4.16. The molecule has 29 heavy (non-hydrogen) atoms. The Morgan fingerprint density at radius 1 is 0.931 bits per heavy atom. The van der Waals surface area contributed by atoms with Crippen molar-refractivity contribution in [2.24, 2.45) is 0 Å². The number of hydrogen-bond donors (Lipinski definition) is 0. The number of rotatable bonds is 3. The van der Waals surface area contributed by atoms with E-state index in [4.69, 9.17) is 4.74 Å². The number of hydrogen-bond acceptors (Lipinski definition) is 4. The third-order valence-electron chi connectivity index (χ3n) is 4.16. The molecule has 150 valence electrons. The van der Waals surface area contributed by atoms with Gasteiger partial charge in [0, 0.05) is 5.39 Å². The van der Waals surface area contributed by atoms with Crippen LogP contribution in [0, 0.1) is 11.3 Å². The molecule has 0 aliphatic heterocycles. The van der Waals surface area contributed by atoms with E-state index in [0.717, 1.165) is 6.07 Å². The molecule has 0 saturated carbocycles. The van der Waals surface area contributed by atoms with Crippen molar-refractivity contribution in [3.05, 3.63) is 65.0 Å². The summed E-state index contributed by atoms with van der Waals surface area (Å²) < 4.78 is 83.9. The van der Waals surface area contributed by atoms with Gasteiger partial charge in [0.1, 0.15) is 17.4 Å². The van der Waals surface area contributed by atoms with Crippen LogP contribution >= 0.6 is 0 Å². The van der Waals surface area contributed by atoms with E-state index in [1.807, 2.05) is 6.07 Å². The first kappa shape index (κ1) is 20.4. The number of nitrogens with zero attached hydrogens (tertiary/aromatic N) is 3. The quantitative estimate of drug-likeness (QED) is 0.547. The number of pyridine rings is 2. The Morgan fingerprint density at radius 2 is 1.59 bits per heavy atom. The average molecular weight is 411 g/mol. The highest BCUT2D eigenvalue weighted by atomic mass is 19.4. The second-order valence-electron chi connectivity index (χ2n) is 5.99. The Bertz CT molecular complexity index is 1080. The van der Waals surface area contributed by atoms with E-state index in [2.05, 4.69) is 9.97 Å². The van der Waals surface area contributed by atoms with Gasteiger partial charge in [-0.15, -0.1) is 0 Å². The van der Waals surface area contributed by atoms with Crippen LogP contribution in [-0.2, 0) is 12.4 Å². The van der Waals surface area contributed by atoms with Crippen molar-refractivity contribution in [2.45, 2.75) is 18.3 Å². The molecule has 0 spiro atoms. The van der Waals surface area contributed by atoms with Gasteiger partial charge >= 0.3 is 12.4 Å². The highest BCUT2D eigenvalue weighted by Gasteiger charge is 2.39. The number of alkyl halides is 6. The topological polar surface area (TPSA) is 58.8 Å². The van der Waals surface area contributed by atoms with Gasteiger partial charge in [-0.05, 0) is 35.9 Å². The van der Waals surface area contributed by atoms with E-state index in [0.29, 0.717) is 11.3 Å².